The molecule has 2 aromatic rings. The summed E-state index contributed by atoms with van der Waals surface area (Å²) in [6, 6.07) is 7.86. The summed E-state index contributed by atoms with van der Waals surface area (Å²) in [5.41, 5.74) is 0.256. The number of benzene rings is 1. The van der Waals surface area contributed by atoms with E-state index in [1.54, 1.807) is 24.3 Å². The maximum Gasteiger partial charge on any atom is 0.339 e. The molecule has 7 nitrogen and oxygen atoms in total. The number of anilines is 1. The zero-order valence-corrected chi connectivity index (χ0v) is 16.1. The number of carbonyl (C=O) groups excluding carboxylic acids is 2. The van der Waals surface area contributed by atoms with Gasteiger partial charge in [0.2, 0.25) is 0 Å². The number of rotatable bonds is 8. The molecule has 0 bridgehead atoms. The molecule has 1 aromatic heterocycles. The van der Waals surface area contributed by atoms with Gasteiger partial charge in [-0.15, -0.1) is 0 Å². The van der Waals surface area contributed by atoms with Gasteiger partial charge < -0.3 is 19.5 Å². The second-order valence-corrected chi connectivity index (χ2v) is 5.86. The summed E-state index contributed by atoms with van der Waals surface area (Å²) in [5, 5.41) is 3.00. The number of carbonyl (C=O) groups is 2. The van der Waals surface area contributed by atoms with Gasteiger partial charge in [-0.2, -0.15) is 0 Å². The van der Waals surface area contributed by atoms with E-state index in [0.29, 0.717) is 35.6 Å². The van der Waals surface area contributed by atoms with E-state index < -0.39 is 18.0 Å². The van der Waals surface area contributed by atoms with Crippen molar-refractivity contribution in [1.29, 1.82) is 0 Å². The van der Waals surface area contributed by atoms with Crippen LogP contribution in [-0.4, -0.2) is 36.2 Å². The molecule has 0 spiro atoms. The second kappa shape index (κ2) is 9.78. The van der Waals surface area contributed by atoms with Crippen LogP contribution >= 0.6 is 11.6 Å². The molecule has 0 fully saturated rings. The lowest BCUT2D eigenvalue weighted by atomic mass is 10.2. The van der Waals surface area contributed by atoms with Gasteiger partial charge >= 0.3 is 5.97 Å². The average Bonchev–Trinajstić information content (AvgIpc) is 2.65. The molecular formula is C19H21ClN2O5. The Kier molecular flexibility index (Phi) is 7.43. The van der Waals surface area contributed by atoms with Gasteiger partial charge in [-0.25, -0.2) is 9.78 Å². The number of nitrogens with zero attached hydrogens (tertiary/aromatic N) is 1. The molecule has 0 saturated heterocycles. The Morgan fingerprint density at radius 2 is 1.81 bits per heavy atom. The molecule has 1 amide bonds. The van der Waals surface area contributed by atoms with E-state index in [9.17, 15) is 9.59 Å². The summed E-state index contributed by atoms with van der Waals surface area (Å²) in [6.45, 7) is 6.05. The van der Waals surface area contributed by atoms with Crippen LogP contribution in [0.5, 0.6) is 11.5 Å². The number of amides is 1. The first-order valence-electron chi connectivity index (χ1n) is 8.47. The normalized spacial score (nSPS) is 11.4. The minimum atomic E-state index is -1.02. The van der Waals surface area contributed by atoms with E-state index >= 15 is 0 Å². The van der Waals surface area contributed by atoms with Crippen molar-refractivity contribution in [2.75, 3.05) is 18.5 Å². The molecule has 1 heterocycles. The van der Waals surface area contributed by atoms with Crippen molar-refractivity contribution in [1.82, 2.24) is 4.98 Å². The fourth-order valence-electron chi connectivity index (χ4n) is 2.14. The van der Waals surface area contributed by atoms with E-state index in [-0.39, 0.29) is 5.56 Å². The highest BCUT2D eigenvalue weighted by Gasteiger charge is 2.20. The fourth-order valence-corrected chi connectivity index (χ4v) is 2.25. The first kappa shape index (κ1) is 20.5. The minimum absolute atomic E-state index is 0.256. The first-order chi connectivity index (χ1) is 12.9. The lowest BCUT2D eigenvalue weighted by Crippen LogP contribution is -2.30. The van der Waals surface area contributed by atoms with Crippen LogP contribution in [0.1, 0.15) is 31.1 Å². The van der Waals surface area contributed by atoms with Crippen LogP contribution in [0.4, 0.5) is 5.82 Å². The molecule has 0 unspecified atom stereocenters. The zero-order valence-electron chi connectivity index (χ0n) is 15.3. The van der Waals surface area contributed by atoms with Crippen molar-refractivity contribution in [3.8, 4) is 11.5 Å². The molecule has 27 heavy (non-hydrogen) atoms. The average molecular weight is 393 g/mol. The highest BCUT2D eigenvalue weighted by atomic mass is 35.5. The number of aromatic nitrogens is 1. The highest BCUT2D eigenvalue weighted by Crippen LogP contribution is 2.29. The molecular weight excluding hydrogens is 372 g/mol. The van der Waals surface area contributed by atoms with Gasteiger partial charge in [0.1, 0.15) is 5.82 Å². The van der Waals surface area contributed by atoms with Crippen molar-refractivity contribution in [3.63, 3.8) is 0 Å². The third kappa shape index (κ3) is 5.86. The number of hydrogen-bond donors (Lipinski definition) is 1. The van der Waals surface area contributed by atoms with Crippen molar-refractivity contribution in [3.05, 3.63) is 47.1 Å². The molecule has 1 N–H and O–H groups in total. The van der Waals surface area contributed by atoms with Crippen molar-refractivity contribution < 1.29 is 23.8 Å². The second-order valence-electron chi connectivity index (χ2n) is 5.43. The zero-order chi connectivity index (χ0) is 19.8. The maximum atomic E-state index is 12.4. The summed E-state index contributed by atoms with van der Waals surface area (Å²) in [6.07, 6.45) is 0.389. The Morgan fingerprint density at radius 1 is 1.11 bits per heavy atom. The highest BCUT2D eigenvalue weighted by molar-refractivity contribution is 6.30. The van der Waals surface area contributed by atoms with E-state index in [1.807, 2.05) is 13.8 Å². The van der Waals surface area contributed by atoms with Crippen LogP contribution in [0, 0.1) is 0 Å². The van der Waals surface area contributed by atoms with Crippen LogP contribution in [0.3, 0.4) is 0 Å². The molecule has 2 rings (SSSR count). The number of esters is 1. The lowest BCUT2D eigenvalue weighted by molar-refractivity contribution is -0.123. The van der Waals surface area contributed by atoms with E-state index in [2.05, 4.69) is 10.3 Å². The van der Waals surface area contributed by atoms with Crippen molar-refractivity contribution in [2.45, 2.75) is 26.9 Å². The Labute approximate surface area is 162 Å². The van der Waals surface area contributed by atoms with Crippen molar-refractivity contribution >= 4 is 29.3 Å². The molecule has 0 saturated carbocycles. The monoisotopic (exact) mass is 392 g/mol. The Bertz CT molecular complexity index is 795. The largest absolute Gasteiger partial charge is 0.490 e. The van der Waals surface area contributed by atoms with Crippen LogP contribution in [0.25, 0.3) is 0 Å². The molecule has 1 aromatic carbocycles. The Hall–Kier alpha value is -2.80. The third-order valence-electron chi connectivity index (χ3n) is 3.41. The molecule has 0 radical (unpaired) electrons. The van der Waals surface area contributed by atoms with Gasteiger partial charge in [0, 0.05) is 6.20 Å². The summed E-state index contributed by atoms with van der Waals surface area (Å²) >= 11 is 5.75. The third-order valence-corrected chi connectivity index (χ3v) is 3.63. The standard InChI is InChI=1S/C19H21ClN2O5/c1-4-25-15-8-6-13(10-16(15)26-5-2)19(24)27-12(3)18(23)22-17-9-7-14(20)11-21-17/h6-12H,4-5H2,1-3H3,(H,21,22,23)/t12-/m1/s1. The molecule has 8 heteroatoms. The number of pyridine rings is 1. The number of hydrogen-bond acceptors (Lipinski definition) is 6. The van der Waals surface area contributed by atoms with Gasteiger partial charge in [0.05, 0.1) is 23.8 Å². The summed E-state index contributed by atoms with van der Waals surface area (Å²) in [7, 11) is 0. The van der Waals surface area contributed by atoms with Gasteiger partial charge in [-0.1, -0.05) is 11.6 Å². The molecule has 144 valence electrons. The summed E-state index contributed by atoms with van der Waals surface area (Å²) in [4.78, 5) is 28.5. The fraction of sp³-hybridized carbons (Fsp3) is 0.316. The van der Waals surface area contributed by atoms with E-state index in [1.165, 1.54) is 19.2 Å². The number of halogens is 1. The SMILES string of the molecule is CCOc1ccc(C(=O)O[C@H](C)C(=O)Nc2ccc(Cl)cn2)cc1OCC. The summed E-state index contributed by atoms with van der Waals surface area (Å²) < 4.78 is 16.2. The Morgan fingerprint density at radius 3 is 2.44 bits per heavy atom. The predicted octanol–water partition coefficient (Wildman–Crippen LogP) is 3.72. The number of nitrogens with one attached hydrogen (secondary N) is 1. The molecule has 1 atom stereocenters. The van der Waals surface area contributed by atoms with E-state index in [4.69, 9.17) is 25.8 Å². The van der Waals surface area contributed by atoms with Gasteiger partial charge in [-0.3, -0.25) is 4.79 Å². The van der Waals surface area contributed by atoms with Crippen molar-refractivity contribution in [2.24, 2.45) is 0 Å². The van der Waals surface area contributed by atoms with Gasteiger partial charge in [0.15, 0.2) is 17.6 Å². The first-order valence-corrected chi connectivity index (χ1v) is 8.85. The Balaban J connectivity index is 2.03. The molecule has 0 aliphatic heterocycles. The van der Waals surface area contributed by atoms with Gasteiger partial charge in [-0.05, 0) is 51.1 Å². The van der Waals surface area contributed by atoms with Crippen LogP contribution < -0.4 is 14.8 Å². The maximum absolute atomic E-state index is 12.4. The smallest absolute Gasteiger partial charge is 0.339 e. The van der Waals surface area contributed by atoms with E-state index in [0.717, 1.165) is 0 Å². The van der Waals surface area contributed by atoms with Crippen LogP contribution in [-0.2, 0) is 9.53 Å². The van der Waals surface area contributed by atoms with Gasteiger partial charge in [0.25, 0.3) is 5.91 Å². The molecule has 0 aliphatic carbocycles. The summed E-state index contributed by atoms with van der Waals surface area (Å²) in [5.74, 6) is 0.138. The predicted molar refractivity (Wildman–Crippen MR) is 102 cm³/mol. The topological polar surface area (TPSA) is 86.8 Å². The minimum Gasteiger partial charge on any atom is -0.490 e. The van der Waals surface area contributed by atoms with Crippen LogP contribution in [0.15, 0.2) is 36.5 Å². The van der Waals surface area contributed by atoms with Crippen LogP contribution in [0.2, 0.25) is 5.02 Å². The number of ether oxygens (including phenoxy) is 3. The quantitative estimate of drug-likeness (QED) is 0.689. The molecule has 0 aliphatic rings. The lowest BCUT2D eigenvalue weighted by Gasteiger charge is -2.15.